The maximum absolute atomic E-state index is 14.3. The van der Waals surface area contributed by atoms with Gasteiger partial charge >= 0.3 is 0 Å². The van der Waals surface area contributed by atoms with Gasteiger partial charge < -0.3 is 9.64 Å². The summed E-state index contributed by atoms with van der Waals surface area (Å²) in [5.41, 5.74) is 5.22. The Morgan fingerprint density at radius 1 is 0.805 bits per heavy atom. The number of benzene rings is 4. The molecular formula is C35H32N2O4. The minimum atomic E-state index is -0.419. The molecule has 2 unspecified atom stereocenters. The standard InChI is InChI=1S/C35H32N2O4/c1-41-28-19-15-24(16-20-28)21-27-18-17-26-11-5-6-12-29(26)33(27)36(22-25-9-3-2-4-10-25)32(38)23-37-34(39)30-13-7-8-14-31(30)35(37)40/h2-16,19-20,27,33H,17-18,21-23H2,1H3. The van der Waals surface area contributed by atoms with Crippen LogP contribution in [0.15, 0.2) is 103 Å². The quantitative estimate of drug-likeness (QED) is 0.261. The molecule has 0 bridgehead atoms. The van der Waals surface area contributed by atoms with E-state index < -0.39 is 11.8 Å². The van der Waals surface area contributed by atoms with Gasteiger partial charge in [-0.3, -0.25) is 19.3 Å². The Kier molecular flexibility index (Phi) is 7.38. The molecule has 0 N–H and O–H groups in total. The molecule has 3 amide bonds. The Hall–Kier alpha value is -4.71. The molecule has 0 aromatic heterocycles. The van der Waals surface area contributed by atoms with Crippen molar-refractivity contribution in [3.8, 4) is 5.75 Å². The number of nitrogens with zero attached hydrogens (tertiary/aromatic N) is 2. The molecule has 1 aliphatic heterocycles. The highest BCUT2D eigenvalue weighted by Crippen LogP contribution is 2.41. The highest BCUT2D eigenvalue weighted by molar-refractivity contribution is 6.22. The summed E-state index contributed by atoms with van der Waals surface area (Å²) in [5.74, 6) is -0.131. The molecule has 6 rings (SSSR count). The summed E-state index contributed by atoms with van der Waals surface area (Å²) in [6.07, 6.45) is 2.63. The van der Waals surface area contributed by atoms with Crippen LogP contribution in [0.25, 0.3) is 0 Å². The molecular weight excluding hydrogens is 512 g/mol. The lowest BCUT2D eigenvalue weighted by Crippen LogP contribution is -2.46. The summed E-state index contributed by atoms with van der Waals surface area (Å²) in [7, 11) is 1.66. The van der Waals surface area contributed by atoms with Crippen LogP contribution in [-0.2, 0) is 24.2 Å². The zero-order chi connectivity index (χ0) is 28.3. The van der Waals surface area contributed by atoms with E-state index in [2.05, 4.69) is 24.3 Å². The van der Waals surface area contributed by atoms with Gasteiger partial charge in [-0.15, -0.1) is 0 Å². The van der Waals surface area contributed by atoms with Crippen LogP contribution in [0.3, 0.4) is 0 Å². The van der Waals surface area contributed by atoms with Crippen molar-refractivity contribution < 1.29 is 19.1 Å². The number of hydrogen-bond acceptors (Lipinski definition) is 4. The summed E-state index contributed by atoms with van der Waals surface area (Å²) in [4.78, 5) is 43.6. The number of carbonyl (C=O) groups is 3. The van der Waals surface area contributed by atoms with Gasteiger partial charge in [0, 0.05) is 6.54 Å². The van der Waals surface area contributed by atoms with Gasteiger partial charge in [0.1, 0.15) is 12.3 Å². The Labute approximate surface area is 240 Å². The highest BCUT2D eigenvalue weighted by Gasteiger charge is 2.40. The fourth-order valence-electron chi connectivity index (χ4n) is 6.23. The van der Waals surface area contributed by atoms with Crippen molar-refractivity contribution in [3.05, 3.63) is 137 Å². The van der Waals surface area contributed by atoms with E-state index in [4.69, 9.17) is 4.74 Å². The molecule has 0 spiro atoms. The fraction of sp³-hybridized carbons (Fsp3) is 0.229. The van der Waals surface area contributed by atoms with Crippen molar-refractivity contribution in [1.29, 1.82) is 0 Å². The summed E-state index contributed by atoms with van der Waals surface area (Å²) >= 11 is 0. The van der Waals surface area contributed by atoms with E-state index in [-0.39, 0.29) is 24.4 Å². The first-order chi connectivity index (χ1) is 20.0. The second-order valence-corrected chi connectivity index (χ2v) is 10.7. The van der Waals surface area contributed by atoms with E-state index >= 15 is 0 Å². The van der Waals surface area contributed by atoms with E-state index in [0.29, 0.717) is 17.7 Å². The van der Waals surface area contributed by atoms with Crippen molar-refractivity contribution in [3.63, 3.8) is 0 Å². The Morgan fingerprint density at radius 2 is 1.44 bits per heavy atom. The maximum Gasteiger partial charge on any atom is 0.262 e. The Morgan fingerprint density at radius 3 is 2.12 bits per heavy atom. The number of amides is 3. The fourth-order valence-corrected chi connectivity index (χ4v) is 6.23. The van der Waals surface area contributed by atoms with Crippen LogP contribution in [0.1, 0.15) is 55.4 Å². The first-order valence-corrected chi connectivity index (χ1v) is 14.0. The second-order valence-electron chi connectivity index (χ2n) is 10.7. The summed E-state index contributed by atoms with van der Waals surface area (Å²) in [5, 5.41) is 0. The number of rotatable bonds is 8. The SMILES string of the molecule is COc1ccc(CC2CCc3ccccc3C2N(Cc2ccccc2)C(=O)CN2C(=O)c3ccccc3C2=O)cc1. The largest absolute Gasteiger partial charge is 0.497 e. The number of ether oxygens (including phenoxy) is 1. The third-order valence-electron chi connectivity index (χ3n) is 8.29. The molecule has 206 valence electrons. The van der Waals surface area contributed by atoms with Gasteiger partial charge in [-0.25, -0.2) is 0 Å². The van der Waals surface area contributed by atoms with Crippen LogP contribution in [0.2, 0.25) is 0 Å². The molecule has 1 heterocycles. The van der Waals surface area contributed by atoms with E-state index in [1.807, 2.05) is 59.5 Å². The highest BCUT2D eigenvalue weighted by atomic mass is 16.5. The molecule has 0 radical (unpaired) electrons. The maximum atomic E-state index is 14.3. The minimum Gasteiger partial charge on any atom is -0.497 e. The summed E-state index contributed by atoms with van der Waals surface area (Å²) in [6, 6.07) is 32.9. The number of hydrogen-bond donors (Lipinski definition) is 0. The van der Waals surface area contributed by atoms with Crippen LogP contribution in [0.4, 0.5) is 0 Å². The first-order valence-electron chi connectivity index (χ1n) is 14.0. The Bertz CT molecular complexity index is 1550. The average molecular weight is 545 g/mol. The smallest absolute Gasteiger partial charge is 0.262 e. The molecule has 4 aromatic carbocycles. The topological polar surface area (TPSA) is 66.9 Å². The molecule has 0 fully saturated rings. The van der Waals surface area contributed by atoms with Crippen molar-refractivity contribution in [2.24, 2.45) is 5.92 Å². The molecule has 6 nitrogen and oxygen atoms in total. The molecule has 1 aliphatic carbocycles. The molecule has 6 heteroatoms. The van der Waals surface area contributed by atoms with Gasteiger partial charge in [-0.1, -0.05) is 78.9 Å². The first kappa shape index (κ1) is 26.5. The van der Waals surface area contributed by atoms with Gasteiger partial charge in [0.2, 0.25) is 5.91 Å². The van der Waals surface area contributed by atoms with Crippen molar-refractivity contribution >= 4 is 17.7 Å². The normalized spacial score (nSPS) is 17.6. The molecule has 2 aliphatic rings. The van der Waals surface area contributed by atoms with E-state index in [9.17, 15) is 14.4 Å². The van der Waals surface area contributed by atoms with Crippen LogP contribution < -0.4 is 4.74 Å². The van der Waals surface area contributed by atoms with Crippen LogP contribution >= 0.6 is 0 Å². The lowest BCUT2D eigenvalue weighted by molar-refractivity contribution is -0.136. The van der Waals surface area contributed by atoms with Crippen molar-refractivity contribution in [1.82, 2.24) is 9.80 Å². The Balaban J connectivity index is 1.37. The molecule has 4 aromatic rings. The molecule has 0 saturated carbocycles. The zero-order valence-electron chi connectivity index (χ0n) is 23.0. The van der Waals surface area contributed by atoms with Gasteiger partial charge in [-0.05, 0) is 71.7 Å². The van der Waals surface area contributed by atoms with Gasteiger partial charge in [0.05, 0.1) is 24.3 Å². The second kappa shape index (κ2) is 11.4. The van der Waals surface area contributed by atoms with E-state index in [0.717, 1.165) is 41.0 Å². The zero-order valence-corrected chi connectivity index (χ0v) is 23.0. The van der Waals surface area contributed by atoms with Gasteiger partial charge in [0.25, 0.3) is 11.8 Å². The number of aryl methyl sites for hydroxylation is 1. The third kappa shape index (κ3) is 5.25. The van der Waals surface area contributed by atoms with E-state index in [1.165, 1.54) is 11.1 Å². The molecule has 0 saturated heterocycles. The number of methoxy groups -OCH3 is 1. The van der Waals surface area contributed by atoms with Crippen LogP contribution in [-0.4, -0.2) is 41.2 Å². The third-order valence-corrected chi connectivity index (χ3v) is 8.29. The van der Waals surface area contributed by atoms with Crippen LogP contribution in [0.5, 0.6) is 5.75 Å². The number of fused-ring (bicyclic) bond motifs is 2. The summed E-state index contributed by atoms with van der Waals surface area (Å²) in [6.45, 7) is 0.0774. The average Bonchev–Trinajstić information content (AvgIpc) is 3.25. The summed E-state index contributed by atoms with van der Waals surface area (Å²) < 4.78 is 5.35. The van der Waals surface area contributed by atoms with Crippen molar-refractivity contribution in [2.75, 3.05) is 13.7 Å². The van der Waals surface area contributed by atoms with E-state index in [1.54, 1.807) is 31.4 Å². The van der Waals surface area contributed by atoms with Crippen LogP contribution in [0, 0.1) is 5.92 Å². The lowest BCUT2D eigenvalue weighted by Gasteiger charge is -2.42. The lowest BCUT2D eigenvalue weighted by atomic mass is 9.76. The van der Waals surface area contributed by atoms with Crippen molar-refractivity contribution in [2.45, 2.75) is 31.8 Å². The molecule has 2 atom stereocenters. The molecule has 41 heavy (non-hydrogen) atoms. The number of imide groups is 1. The predicted molar refractivity (Wildman–Crippen MR) is 156 cm³/mol. The number of carbonyl (C=O) groups excluding carboxylic acids is 3. The predicted octanol–water partition coefficient (Wildman–Crippen LogP) is 5.87. The van der Waals surface area contributed by atoms with Gasteiger partial charge in [0.15, 0.2) is 0 Å². The van der Waals surface area contributed by atoms with Gasteiger partial charge in [-0.2, -0.15) is 0 Å². The minimum absolute atomic E-state index is 0.146. The monoisotopic (exact) mass is 544 g/mol.